The highest BCUT2D eigenvalue weighted by atomic mass is 32.1. The molecule has 1 amide bonds. The summed E-state index contributed by atoms with van der Waals surface area (Å²) >= 11 is 1.70. The minimum absolute atomic E-state index is 0.0808. The molecule has 3 nitrogen and oxygen atoms in total. The van der Waals surface area contributed by atoms with Crippen molar-refractivity contribution in [2.24, 2.45) is 0 Å². The number of carbonyl (C=O) groups is 1. The van der Waals surface area contributed by atoms with E-state index in [-0.39, 0.29) is 12.0 Å². The first-order valence-corrected chi connectivity index (χ1v) is 8.66. The summed E-state index contributed by atoms with van der Waals surface area (Å²) < 4.78 is 5.54. The van der Waals surface area contributed by atoms with Crippen molar-refractivity contribution in [2.45, 2.75) is 57.5 Å². The molecule has 1 atom stereocenters. The highest BCUT2D eigenvalue weighted by molar-refractivity contribution is 7.14. The molecule has 0 bridgehead atoms. The summed E-state index contributed by atoms with van der Waals surface area (Å²) in [5.74, 6) is 0.0808. The van der Waals surface area contributed by atoms with Crippen LogP contribution in [0.3, 0.4) is 0 Å². The lowest BCUT2D eigenvalue weighted by Crippen LogP contribution is -2.31. The predicted molar refractivity (Wildman–Crippen MR) is 81.5 cm³/mol. The number of hydrogen-bond acceptors (Lipinski definition) is 3. The normalized spacial score (nSPS) is 22.9. The van der Waals surface area contributed by atoms with Crippen LogP contribution in [0.1, 0.15) is 58.6 Å². The average molecular weight is 293 g/mol. The lowest BCUT2D eigenvalue weighted by atomic mass is 10.00. The van der Waals surface area contributed by atoms with Gasteiger partial charge < -0.3 is 10.1 Å². The molecule has 2 aliphatic rings. The van der Waals surface area contributed by atoms with Crippen LogP contribution in [-0.4, -0.2) is 25.2 Å². The van der Waals surface area contributed by atoms with Gasteiger partial charge in [-0.05, 0) is 50.2 Å². The fraction of sp³-hybridized carbons (Fsp3) is 0.688. The highest BCUT2D eigenvalue weighted by Crippen LogP contribution is 2.28. The summed E-state index contributed by atoms with van der Waals surface area (Å²) in [5, 5.41) is 3.03. The van der Waals surface area contributed by atoms with E-state index in [9.17, 15) is 4.79 Å². The smallest absolute Gasteiger partial charge is 0.261 e. The molecule has 1 N–H and O–H groups in total. The van der Waals surface area contributed by atoms with Gasteiger partial charge in [0.2, 0.25) is 0 Å². The summed E-state index contributed by atoms with van der Waals surface area (Å²) in [6.45, 7) is 1.50. The molecule has 4 heteroatoms. The molecule has 0 aromatic carbocycles. The van der Waals surface area contributed by atoms with E-state index in [1.54, 1.807) is 11.3 Å². The molecule has 0 unspecified atom stereocenters. The minimum atomic E-state index is 0.0808. The van der Waals surface area contributed by atoms with Gasteiger partial charge in [-0.2, -0.15) is 0 Å². The van der Waals surface area contributed by atoms with E-state index in [1.807, 2.05) is 0 Å². The lowest BCUT2D eigenvalue weighted by molar-refractivity contribution is 0.0861. The van der Waals surface area contributed by atoms with E-state index in [0.717, 1.165) is 37.2 Å². The molecule has 3 rings (SSSR count). The van der Waals surface area contributed by atoms with Gasteiger partial charge in [0.1, 0.15) is 0 Å². The van der Waals surface area contributed by atoms with E-state index in [1.165, 1.54) is 36.1 Å². The first-order chi connectivity index (χ1) is 9.83. The molecule has 1 saturated heterocycles. The Labute approximate surface area is 124 Å². The number of ether oxygens (including phenoxy) is 1. The third kappa shape index (κ3) is 3.41. The summed E-state index contributed by atoms with van der Waals surface area (Å²) in [5.41, 5.74) is 1.41. The molecular formula is C16H23NO2S. The number of hydrogen-bond donors (Lipinski definition) is 1. The zero-order chi connectivity index (χ0) is 13.8. The van der Waals surface area contributed by atoms with E-state index in [2.05, 4.69) is 11.4 Å². The SMILES string of the molecule is O=C(NC[C@@H]1CCCO1)c1cc2c(s1)CCCCCC2. The van der Waals surface area contributed by atoms with Crippen LogP contribution in [0.5, 0.6) is 0 Å². The van der Waals surface area contributed by atoms with Crippen molar-refractivity contribution < 1.29 is 9.53 Å². The van der Waals surface area contributed by atoms with Crippen molar-refractivity contribution in [3.05, 3.63) is 21.4 Å². The van der Waals surface area contributed by atoms with Crippen molar-refractivity contribution in [1.82, 2.24) is 5.32 Å². The van der Waals surface area contributed by atoms with Crippen molar-refractivity contribution >= 4 is 17.2 Å². The van der Waals surface area contributed by atoms with Crippen molar-refractivity contribution in [2.75, 3.05) is 13.2 Å². The second-order valence-electron chi connectivity index (χ2n) is 5.82. The molecule has 20 heavy (non-hydrogen) atoms. The van der Waals surface area contributed by atoms with Crippen LogP contribution in [0, 0.1) is 0 Å². The summed E-state index contributed by atoms with van der Waals surface area (Å²) in [7, 11) is 0. The van der Waals surface area contributed by atoms with E-state index >= 15 is 0 Å². The first-order valence-electron chi connectivity index (χ1n) is 7.84. The average Bonchev–Trinajstić information content (AvgIpc) is 3.06. The number of aryl methyl sites for hydroxylation is 2. The largest absolute Gasteiger partial charge is 0.376 e. The topological polar surface area (TPSA) is 38.3 Å². The number of carbonyl (C=O) groups excluding carboxylic acids is 1. The van der Waals surface area contributed by atoms with Gasteiger partial charge in [0, 0.05) is 18.0 Å². The van der Waals surface area contributed by atoms with Crippen LogP contribution < -0.4 is 5.32 Å². The minimum Gasteiger partial charge on any atom is -0.376 e. The van der Waals surface area contributed by atoms with E-state index < -0.39 is 0 Å². The van der Waals surface area contributed by atoms with Crippen molar-refractivity contribution in [3.8, 4) is 0 Å². The maximum Gasteiger partial charge on any atom is 0.261 e. The fourth-order valence-corrected chi connectivity index (χ4v) is 4.23. The van der Waals surface area contributed by atoms with Gasteiger partial charge in [0.25, 0.3) is 5.91 Å². The van der Waals surface area contributed by atoms with E-state index in [4.69, 9.17) is 4.74 Å². The molecule has 0 spiro atoms. The van der Waals surface area contributed by atoms with Gasteiger partial charge >= 0.3 is 0 Å². The quantitative estimate of drug-likeness (QED) is 0.928. The van der Waals surface area contributed by atoms with Gasteiger partial charge in [-0.25, -0.2) is 0 Å². The van der Waals surface area contributed by atoms with Crippen molar-refractivity contribution in [3.63, 3.8) is 0 Å². The molecule has 0 radical (unpaired) electrons. The van der Waals surface area contributed by atoms with Crippen LogP contribution in [0.25, 0.3) is 0 Å². The Morgan fingerprint density at radius 3 is 2.90 bits per heavy atom. The van der Waals surface area contributed by atoms with Gasteiger partial charge in [0.15, 0.2) is 0 Å². The van der Waals surface area contributed by atoms with Crippen LogP contribution in [-0.2, 0) is 17.6 Å². The summed E-state index contributed by atoms with van der Waals surface area (Å²) in [4.78, 5) is 14.6. The van der Waals surface area contributed by atoms with Crippen LogP contribution >= 0.6 is 11.3 Å². The highest BCUT2D eigenvalue weighted by Gasteiger charge is 2.19. The van der Waals surface area contributed by atoms with Gasteiger partial charge in [-0.15, -0.1) is 11.3 Å². The van der Waals surface area contributed by atoms with Gasteiger partial charge in [-0.1, -0.05) is 12.8 Å². The Morgan fingerprint density at radius 2 is 2.10 bits per heavy atom. The molecule has 110 valence electrons. The van der Waals surface area contributed by atoms with Gasteiger partial charge in [0.05, 0.1) is 11.0 Å². The first kappa shape index (κ1) is 14.1. The molecule has 2 heterocycles. The number of thiophene rings is 1. The third-order valence-electron chi connectivity index (χ3n) is 4.23. The molecule has 1 aromatic heterocycles. The van der Waals surface area contributed by atoms with Gasteiger partial charge in [-0.3, -0.25) is 4.79 Å². The molecule has 1 aliphatic heterocycles. The second kappa shape index (κ2) is 6.72. The Hall–Kier alpha value is -0.870. The number of amides is 1. The molecule has 1 aliphatic carbocycles. The standard InChI is InChI=1S/C16H23NO2S/c18-16(17-11-13-7-5-9-19-13)15-10-12-6-3-1-2-4-8-14(12)20-15/h10,13H,1-9,11H2,(H,17,18)/t13-/m0/s1. The Balaban J connectivity index is 1.60. The molecule has 1 aromatic rings. The molecule has 1 fully saturated rings. The molecule has 0 saturated carbocycles. The van der Waals surface area contributed by atoms with E-state index in [0.29, 0.717) is 6.54 Å². The summed E-state index contributed by atoms with van der Waals surface area (Å²) in [6.07, 6.45) is 9.90. The Bertz CT molecular complexity index is 438. The Kier molecular flexibility index (Phi) is 4.73. The Morgan fingerprint density at radius 1 is 1.25 bits per heavy atom. The monoisotopic (exact) mass is 293 g/mol. The maximum absolute atomic E-state index is 12.2. The van der Waals surface area contributed by atoms with Crippen LogP contribution in [0.2, 0.25) is 0 Å². The number of fused-ring (bicyclic) bond motifs is 1. The zero-order valence-corrected chi connectivity index (χ0v) is 12.8. The third-order valence-corrected chi connectivity index (χ3v) is 5.47. The second-order valence-corrected chi connectivity index (χ2v) is 6.96. The van der Waals surface area contributed by atoms with Crippen LogP contribution in [0.15, 0.2) is 6.07 Å². The van der Waals surface area contributed by atoms with Crippen LogP contribution in [0.4, 0.5) is 0 Å². The molecular weight excluding hydrogens is 270 g/mol. The van der Waals surface area contributed by atoms with Crippen molar-refractivity contribution in [1.29, 1.82) is 0 Å². The maximum atomic E-state index is 12.2. The predicted octanol–water partition coefficient (Wildman–Crippen LogP) is 3.32. The fourth-order valence-electron chi connectivity index (χ4n) is 3.06. The zero-order valence-electron chi connectivity index (χ0n) is 12.0. The number of nitrogens with one attached hydrogen (secondary N) is 1. The lowest BCUT2D eigenvalue weighted by Gasteiger charge is -2.09. The number of rotatable bonds is 3. The summed E-state index contributed by atoms with van der Waals surface area (Å²) in [6, 6.07) is 2.12.